The molecule has 43 heavy (non-hydrogen) atoms. The molecule has 2 N–H and O–H groups in total. The molecule has 228 valence electrons. The van der Waals surface area contributed by atoms with E-state index in [1.54, 1.807) is 12.1 Å². The van der Waals surface area contributed by atoms with Crippen LogP contribution in [0.1, 0.15) is 25.5 Å². The first-order valence-corrected chi connectivity index (χ1v) is 15.9. The average molecular weight is 636 g/mol. The molecule has 0 radical (unpaired) electrons. The standard InChI is InChI=1S/C29H29F4N5O3S2/c1-17-22-15-34-38(21-7-5-20(30)6-8-21)23(22)13-18-3-4-19(28(17)18)16-37(11-12-39)43(40,41)27-10-9-25(42-27)24-14-26(29(31,32)33)35-36(24)2/h5-10,13-15,17,19,34,39H,3-4,11-12,16H2,1-2H3/t17-,19+/m0/s1. The predicted octanol–water partition coefficient (Wildman–Crippen LogP) is 5.44. The van der Waals surface area contributed by atoms with Crippen molar-refractivity contribution in [2.75, 3.05) is 24.7 Å². The van der Waals surface area contributed by atoms with Crippen molar-refractivity contribution in [2.24, 2.45) is 18.9 Å². The summed E-state index contributed by atoms with van der Waals surface area (Å²) < 4.78 is 82.9. The molecule has 0 saturated heterocycles. The third-order valence-electron chi connectivity index (χ3n) is 8.16. The van der Waals surface area contributed by atoms with Crippen molar-refractivity contribution in [3.63, 3.8) is 0 Å². The van der Waals surface area contributed by atoms with Crippen LogP contribution < -0.4 is 10.4 Å². The molecular formula is C29H29F4N5O3S2. The van der Waals surface area contributed by atoms with E-state index in [9.17, 15) is 31.1 Å². The number of hydrogen-bond acceptors (Lipinski definition) is 7. The number of aryl methyl sites for hydroxylation is 1. The Hall–Kier alpha value is -3.46. The maximum atomic E-state index is 13.8. The molecule has 0 spiro atoms. The number of halogens is 4. The summed E-state index contributed by atoms with van der Waals surface area (Å²) in [5.74, 6) is -0.407. The molecule has 2 aromatic heterocycles. The van der Waals surface area contributed by atoms with E-state index in [0.29, 0.717) is 4.88 Å². The van der Waals surface area contributed by atoms with E-state index < -0.39 is 21.9 Å². The van der Waals surface area contributed by atoms with Gasteiger partial charge in [0.1, 0.15) is 10.0 Å². The van der Waals surface area contributed by atoms with Crippen LogP contribution in [0.25, 0.3) is 10.6 Å². The van der Waals surface area contributed by atoms with Gasteiger partial charge in [-0.2, -0.15) is 22.6 Å². The third-order valence-corrected chi connectivity index (χ3v) is 11.6. The van der Waals surface area contributed by atoms with Crippen molar-refractivity contribution in [1.82, 2.24) is 19.5 Å². The lowest BCUT2D eigenvalue weighted by molar-refractivity contribution is -0.141. The maximum absolute atomic E-state index is 13.8. The van der Waals surface area contributed by atoms with Crippen LogP contribution >= 0.6 is 11.3 Å². The zero-order valence-electron chi connectivity index (χ0n) is 23.3. The van der Waals surface area contributed by atoms with Gasteiger partial charge in [0.15, 0.2) is 5.69 Å². The number of hydrogen-bond donors (Lipinski definition) is 2. The molecule has 0 bridgehead atoms. The van der Waals surface area contributed by atoms with Crippen molar-refractivity contribution in [2.45, 2.75) is 30.2 Å². The predicted molar refractivity (Wildman–Crippen MR) is 154 cm³/mol. The topological polar surface area (TPSA) is 90.7 Å². The molecule has 3 heterocycles. The van der Waals surface area contributed by atoms with Crippen LogP contribution in [-0.4, -0.2) is 47.3 Å². The van der Waals surface area contributed by atoms with Gasteiger partial charge in [0, 0.05) is 37.8 Å². The van der Waals surface area contributed by atoms with Gasteiger partial charge in [-0.1, -0.05) is 12.5 Å². The van der Waals surface area contributed by atoms with Crippen LogP contribution in [0, 0.1) is 17.7 Å². The molecule has 8 nitrogen and oxygen atoms in total. The molecule has 3 aromatic rings. The average Bonchev–Trinajstić information content (AvgIpc) is 3.74. The van der Waals surface area contributed by atoms with Gasteiger partial charge in [-0.25, -0.2) is 12.8 Å². The smallest absolute Gasteiger partial charge is 0.395 e. The Morgan fingerprint density at radius 3 is 2.60 bits per heavy atom. The highest BCUT2D eigenvalue weighted by Crippen LogP contribution is 2.48. The summed E-state index contributed by atoms with van der Waals surface area (Å²) in [5.41, 5.74) is 7.45. The SMILES string of the molecule is C[C@H]1C2=CNN(c3ccc(F)cc3)C2=CC2=C1[C@@H](CN(CCO)S(=O)(=O)c1ccc(-c3cc(C(F)(F)F)nn3C)s1)CC2. The molecule has 2 aliphatic carbocycles. The Labute approximate surface area is 250 Å². The van der Waals surface area contributed by atoms with E-state index in [1.165, 1.54) is 35.6 Å². The van der Waals surface area contributed by atoms with Gasteiger partial charge in [0.05, 0.1) is 28.6 Å². The second kappa shape index (κ2) is 10.9. The Bertz CT molecular complexity index is 1760. The van der Waals surface area contributed by atoms with Gasteiger partial charge in [-0.15, -0.1) is 11.3 Å². The van der Waals surface area contributed by atoms with E-state index in [-0.39, 0.29) is 47.3 Å². The van der Waals surface area contributed by atoms with Gasteiger partial charge in [-0.05, 0) is 72.9 Å². The highest BCUT2D eigenvalue weighted by atomic mass is 32.2. The number of fused-ring (bicyclic) bond motifs is 1. The first-order valence-electron chi connectivity index (χ1n) is 13.7. The van der Waals surface area contributed by atoms with Gasteiger partial charge >= 0.3 is 6.18 Å². The third kappa shape index (κ3) is 5.30. The van der Waals surface area contributed by atoms with Crippen molar-refractivity contribution in [1.29, 1.82) is 0 Å². The molecule has 14 heteroatoms. The summed E-state index contributed by atoms with van der Waals surface area (Å²) in [7, 11) is -2.68. The Balaban J connectivity index is 1.26. The molecule has 2 atom stereocenters. The summed E-state index contributed by atoms with van der Waals surface area (Å²) in [6, 6.07) is 9.96. The number of aliphatic hydroxyl groups excluding tert-OH is 1. The lowest BCUT2D eigenvalue weighted by atomic mass is 9.80. The number of rotatable bonds is 8. The number of nitrogens with zero attached hydrogens (tertiary/aromatic N) is 4. The number of nitrogens with one attached hydrogen (secondary N) is 1. The first kappa shape index (κ1) is 29.6. The molecule has 3 aliphatic rings. The molecule has 0 unspecified atom stereocenters. The molecule has 1 aromatic carbocycles. The van der Waals surface area contributed by atoms with Crippen LogP contribution in [-0.2, 0) is 23.2 Å². The van der Waals surface area contributed by atoms with Gasteiger partial charge in [-0.3, -0.25) is 9.69 Å². The lowest BCUT2D eigenvalue weighted by Gasteiger charge is -2.31. The van der Waals surface area contributed by atoms with E-state index >= 15 is 0 Å². The summed E-state index contributed by atoms with van der Waals surface area (Å²) in [6.45, 7) is 1.75. The Kier molecular flexibility index (Phi) is 7.51. The molecule has 0 fully saturated rings. The van der Waals surface area contributed by atoms with Crippen molar-refractivity contribution < 1.29 is 31.1 Å². The van der Waals surface area contributed by atoms with Gasteiger partial charge < -0.3 is 10.5 Å². The normalized spacial score (nSPS) is 20.3. The van der Waals surface area contributed by atoms with Crippen LogP contribution in [0.5, 0.6) is 0 Å². The molecular weight excluding hydrogens is 606 g/mol. The van der Waals surface area contributed by atoms with E-state index in [4.69, 9.17) is 0 Å². The Morgan fingerprint density at radius 1 is 1.19 bits per heavy atom. The summed E-state index contributed by atoms with van der Waals surface area (Å²) in [6.07, 6.45) is 0.890. The number of benzene rings is 1. The molecule has 0 saturated carbocycles. The molecule has 1 aliphatic heterocycles. The zero-order chi connectivity index (χ0) is 30.7. The van der Waals surface area contributed by atoms with Gasteiger partial charge in [0.2, 0.25) is 0 Å². The fourth-order valence-corrected chi connectivity index (χ4v) is 9.12. The number of thiophene rings is 1. The number of allylic oxidation sites excluding steroid dienone is 3. The first-order chi connectivity index (χ1) is 20.4. The number of anilines is 1. The van der Waals surface area contributed by atoms with Crippen molar-refractivity contribution in [3.8, 4) is 10.6 Å². The largest absolute Gasteiger partial charge is 0.435 e. The van der Waals surface area contributed by atoms with E-state index in [2.05, 4.69) is 23.5 Å². The lowest BCUT2D eigenvalue weighted by Crippen LogP contribution is -2.38. The molecule has 0 amide bonds. The minimum Gasteiger partial charge on any atom is -0.395 e. The zero-order valence-corrected chi connectivity index (χ0v) is 24.9. The summed E-state index contributed by atoms with van der Waals surface area (Å²) >= 11 is 0.871. The summed E-state index contributed by atoms with van der Waals surface area (Å²) in [4.78, 5) is 0.337. The fourth-order valence-electron chi connectivity index (χ4n) is 6.13. The number of sulfonamides is 1. The maximum Gasteiger partial charge on any atom is 0.435 e. The number of alkyl halides is 3. The second-order valence-corrected chi connectivity index (χ2v) is 14.0. The van der Waals surface area contributed by atoms with Crippen LogP contribution in [0.15, 0.2) is 81.4 Å². The Morgan fingerprint density at radius 2 is 1.93 bits per heavy atom. The highest BCUT2D eigenvalue weighted by molar-refractivity contribution is 7.91. The van der Waals surface area contributed by atoms with Crippen LogP contribution in [0.4, 0.5) is 23.2 Å². The van der Waals surface area contributed by atoms with Crippen molar-refractivity contribution >= 4 is 27.0 Å². The monoisotopic (exact) mass is 635 g/mol. The van der Waals surface area contributed by atoms with E-state index in [0.717, 1.165) is 63.0 Å². The fraction of sp³-hybridized carbons (Fsp3) is 0.345. The van der Waals surface area contributed by atoms with Crippen molar-refractivity contribution in [3.05, 3.63) is 88.7 Å². The number of aromatic nitrogens is 2. The van der Waals surface area contributed by atoms with Crippen LogP contribution in [0.2, 0.25) is 0 Å². The van der Waals surface area contributed by atoms with Gasteiger partial charge in [0.25, 0.3) is 10.0 Å². The minimum atomic E-state index is -4.62. The second-order valence-electron chi connectivity index (χ2n) is 10.7. The number of hydrazine groups is 1. The molecule has 6 rings (SSSR count). The minimum absolute atomic E-state index is 0.000129. The number of aliphatic hydroxyl groups is 1. The highest BCUT2D eigenvalue weighted by Gasteiger charge is 2.40. The summed E-state index contributed by atoms with van der Waals surface area (Å²) in [5, 5.41) is 15.2. The van der Waals surface area contributed by atoms with Crippen LogP contribution in [0.3, 0.4) is 0 Å². The van der Waals surface area contributed by atoms with E-state index in [1.807, 2.05) is 11.2 Å². The quantitative estimate of drug-likeness (QED) is 0.321.